The van der Waals surface area contributed by atoms with E-state index in [-0.39, 0.29) is 25.8 Å². The summed E-state index contributed by atoms with van der Waals surface area (Å²) >= 11 is 0. The maximum atomic E-state index is 12.3. The summed E-state index contributed by atoms with van der Waals surface area (Å²) in [7, 11) is 1.32. The molecule has 0 bridgehead atoms. The van der Waals surface area contributed by atoms with Crippen molar-refractivity contribution in [2.45, 2.75) is 129 Å². The van der Waals surface area contributed by atoms with Gasteiger partial charge in [0.25, 0.3) is 7.82 Å². The van der Waals surface area contributed by atoms with Crippen LogP contribution in [-0.4, -0.2) is 70.7 Å². The minimum Gasteiger partial charge on any atom is -0.756 e. The van der Waals surface area contributed by atoms with Crippen molar-refractivity contribution in [2.75, 3.05) is 54.1 Å². The van der Waals surface area contributed by atoms with E-state index in [0.29, 0.717) is 24.1 Å². The molecule has 8 nitrogen and oxygen atoms in total. The van der Waals surface area contributed by atoms with Crippen LogP contribution in [0.4, 0.5) is 0 Å². The maximum absolute atomic E-state index is 12.3. The van der Waals surface area contributed by atoms with Gasteiger partial charge in [-0.15, -0.1) is 0 Å². The first-order chi connectivity index (χ1) is 25.1. The van der Waals surface area contributed by atoms with E-state index in [9.17, 15) is 14.3 Å². The second-order valence-corrected chi connectivity index (χ2v) is 15.3. The SMILES string of the molecule is CC/C=C\C/C=C\C/C=C\C/C=C\C/C=C\C/C=C\C/C=C\CCCCCCOCC(COP(=O)([O-])OCC[N+](C)(C)C)OC(=O)CCCCCC. The number of phosphoric acid groups is 1. The number of carbonyl (C=O) groups excluding carboxylic acids is 1. The molecule has 0 aliphatic rings. The summed E-state index contributed by atoms with van der Waals surface area (Å²) in [4.78, 5) is 24.6. The van der Waals surface area contributed by atoms with Crippen LogP contribution >= 0.6 is 7.82 Å². The Morgan fingerprint density at radius 1 is 0.615 bits per heavy atom. The number of esters is 1. The van der Waals surface area contributed by atoms with Gasteiger partial charge in [0, 0.05) is 13.0 Å². The Morgan fingerprint density at radius 2 is 1.12 bits per heavy atom. The van der Waals surface area contributed by atoms with Crippen LogP contribution in [0.2, 0.25) is 0 Å². The van der Waals surface area contributed by atoms with Crippen LogP contribution in [0.15, 0.2) is 85.1 Å². The zero-order valence-electron chi connectivity index (χ0n) is 33.5. The number of hydrogen-bond donors (Lipinski definition) is 0. The molecule has 0 aliphatic heterocycles. The minimum atomic E-state index is -4.52. The van der Waals surface area contributed by atoms with Crippen LogP contribution in [0, 0.1) is 0 Å². The van der Waals surface area contributed by atoms with E-state index >= 15 is 0 Å². The molecule has 2 atom stereocenters. The van der Waals surface area contributed by atoms with E-state index in [1.54, 1.807) is 0 Å². The van der Waals surface area contributed by atoms with E-state index in [1.807, 2.05) is 21.1 Å². The molecule has 9 heteroatoms. The summed E-state index contributed by atoms with van der Waals surface area (Å²) in [6.07, 6.45) is 46.6. The molecule has 0 fully saturated rings. The first-order valence-corrected chi connectivity index (χ1v) is 21.3. The van der Waals surface area contributed by atoms with Crippen molar-refractivity contribution in [3.63, 3.8) is 0 Å². The van der Waals surface area contributed by atoms with Crippen LogP contribution in [0.5, 0.6) is 0 Å². The number of ether oxygens (including phenoxy) is 2. The second kappa shape index (κ2) is 35.7. The van der Waals surface area contributed by atoms with Crippen molar-refractivity contribution in [1.82, 2.24) is 0 Å². The lowest BCUT2D eigenvalue weighted by Gasteiger charge is -2.28. The monoisotopic (exact) mass is 748 g/mol. The largest absolute Gasteiger partial charge is 0.756 e. The van der Waals surface area contributed by atoms with Crippen LogP contribution in [0.25, 0.3) is 0 Å². The molecular weight excluding hydrogens is 673 g/mol. The number of carbonyl (C=O) groups is 1. The lowest BCUT2D eigenvalue weighted by molar-refractivity contribution is -0.870. The summed E-state index contributed by atoms with van der Waals surface area (Å²) in [5, 5.41) is 0. The van der Waals surface area contributed by atoms with Gasteiger partial charge in [0.15, 0.2) is 0 Å². The standard InChI is InChI=1S/C43H74NO7P/c1-6-8-10-12-13-14-15-16-17-18-19-20-21-22-23-24-25-26-27-28-29-30-31-32-33-35-38-48-40-42(51-43(45)36-34-11-9-7-2)41-50-52(46,47)49-39-37-44(3,4)5/h8,10,13-14,16-17,19-20,22-23,25-26,28-29,42H,6-7,9,11-12,15,18,21,24,27,30-41H2,1-5H3/b10-8-,14-13-,17-16-,20-19-,23-22-,26-25-,29-28-. The Balaban J connectivity index is 4.08. The van der Waals surface area contributed by atoms with Gasteiger partial charge in [-0.2, -0.15) is 0 Å². The zero-order valence-corrected chi connectivity index (χ0v) is 34.4. The molecule has 0 aromatic heterocycles. The quantitative estimate of drug-likeness (QED) is 0.0209. The highest BCUT2D eigenvalue weighted by atomic mass is 31.2. The lowest BCUT2D eigenvalue weighted by Crippen LogP contribution is -2.37. The van der Waals surface area contributed by atoms with E-state index in [2.05, 4.69) is 98.9 Å². The molecule has 0 rings (SSSR count). The van der Waals surface area contributed by atoms with Gasteiger partial charge in [-0.1, -0.05) is 131 Å². The molecule has 298 valence electrons. The van der Waals surface area contributed by atoms with Crippen molar-refractivity contribution in [3.05, 3.63) is 85.1 Å². The summed E-state index contributed by atoms with van der Waals surface area (Å²) in [6.45, 7) is 5.06. The van der Waals surface area contributed by atoms with E-state index in [1.165, 1.54) is 0 Å². The molecule has 0 aliphatic carbocycles. The number of nitrogens with zero attached hydrogens (tertiary/aromatic N) is 1. The fourth-order valence-corrected chi connectivity index (χ4v) is 5.37. The van der Waals surface area contributed by atoms with Gasteiger partial charge in [0.05, 0.1) is 34.4 Å². The van der Waals surface area contributed by atoms with Gasteiger partial charge < -0.3 is 27.9 Å². The number of unbranched alkanes of at least 4 members (excludes halogenated alkanes) is 7. The van der Waals surface area contributed by atoms with Crippen molar-refractivity contribution in [3.8, 4) is 0 Å². The number of quaternary nitrogens is 1. The molecule has 0 amide bonds. The third kappa shape index (κ3) is 38.9. The van der Waals surface area contributed by atoms with Gasteiger partial charge in [-0.25, -0.2) is 0 Å². The molecule has 52 heavy (non-hydrogen) atoms. The first-order valence-electron chi connectivity index (χ1n) is 19.8. The molecular formula is C43H74NO7P. The number of likely N-dealkylation sites (N-methyl/N-ethyl adjacent to an activating group) is 1. The molecule has 0 saturated carbocycles. The molecule has 0 radical (unpaired) electrons. The van der Waals surface area contributed by atoms with E-state index in [0.717, 1.165) is 103 Å². The predicted molar refractivity (Wildman–Crippen MR) is 217 cm³/mol. The fourth-order valence-electron chi connectivity index (χ4n) is 4.64. The molecule has 0 spiro atoms. The molecule has 0 aromatic rings. The number of allylic oxidation sites excluding steroid dienone is 14. The molecule has 0 aromatic carbocycles. The van der Waals surface area contributed by atoms with Gasteiger partial charge >= 0.3 is 5.97 Å². The third-order valence-corrected chi connectivity index (χ3v) is 8.68. The third-order valence-electron chi connectivity index (χ3n) is 7.71. The number of rotatable bonds is 35. The van der Waals surface area contributed by atoms with Gasteiger partial charge in [0.2, 0.25) is 0 Å². The van der Waals surface area contributed by atoms with Gasteiger partial charge in [0.1, 0.15) is 19.3 Å². The average Bonchev–Trinajstić information content (AvgIpc) is 3.09. The molecule has 0 saturated heterocycles. The fraction of sp³-hybridized carbons (Fsp3) is 0.651. The minimum absolute atomic E-state index is 0.0158. The highest BCUT2D eigenvalue weighted by Crippen LogP contribution is 2.38. The van der Waals surface area contributed by atoms with Crippen LogP contribution in [0.3, 0.4) is 0 Å². The van der Waals surface area contributed by atoms with Crippen molar-refractivity contribution in [1.29, 1.82) is 0 Å². The zero-order chi connectivity index (χ0) is 38.4. The predicted octanol–water partition coefficient (Wildman–Crippen LogP) is 10.7. The first kappa shape index (κ1) is 49.7. The highest BCUT2D eigenvalue weighted by Gasteiger charge is 2.20. The van der Waals surface area contributed by atoms with Crippen LogP contribution < -0.4 is 4.89 Å². The lowest BCUT2D eigenvalue weighted by atomic mass is 10.1. The Kier molecular flexibility index (Phi) is 34.1. The Hall–Kier alpha value is -2.32. The molecule has 0 heterocycles. The van der Waals surface area contributed by atoms with E-state index < -0.39 is 13.9 Å². The van der Waals surface area contributed by atoms with Gasteiger partial charge in [-0.3, -0.25) is 9.36 Å². The van der Waals surface area contributed by atoms with Crippen molar-refractivity contribution < 1.29 is 37.3 Å². The van der Waals surface area contributed by atoms with Crippen LogP contribution in [-0.2, 0) is 27.9 Å². The summed E-state index contributed by atoms with van der Waals surface area (Å²) in [6, 6.07) is 0. The Morgan fingerprint density at radius 3 is 1.63 bits per heavy atom. The average molecular weight is 748 g/mol. The van der Waals surface area contributed by atoms with Gasteiger partial charge in [-0.05, 0) is 70.6 Å². The second-order valence-electron chi connectivity index (χ2n) is 13.9. The molecule has 2 unspecified atom stereocenters. The summed E-state index contributed by atoms with van der Waals surface area (Å²) < 4.78 is 34.1. The van der Waals surface area contributed by atoms with Crippen molar-refractivity contribution in [2.24, 2.45) is 0 Å². The van der Waals surface area contributed by atoms with Crippen LogP contribution in [0.1, 0.15) is 123 Å². The maximum Gasteiger partial charge on any atom is 0.306 e. The Labute approximate surface area is 318 Å². The van der Waals surface area contributed by atoms with E-state index in [4.69, 9.17) is 18.5 Å². The highest BCUT2D eigenvalue weighted by molar-refractivity contribution is 7.45. The topological polar surface area (TPSA) is 94.1 Å². The molecule has 0 N–H and O–H groups in total. The normalized spacial score (nSPS) is 14.8. The van der Waals surface area contributed by atoms with Crippen molar-refractivity contribution >= 4 is 13.8 Å². The smallest absolute Gasteiger partial charge is 0.306 e. The summed E-state index contributed by atoms with van der Waals surface area (Å²) in [5.41, 5.74) is 0. The number of phosphoric ester groups is 1. The number of hydrogen-bond acceptors (Lipinski definition) is 7. The summed E-state index contributed by atoms with van der Waals surface area (Å²) in [5.74, 6) is -0.367. The Bertz CT molecular complexity index is 1100.